The molecule has 6 nitrogen and oxygen atoms in total. The number of H-pyrrole nitrogens is 1. The van der Waals surface area contributed by atoms with Gasteiger partial charge >= 0.3 is 0 Å². The first-order valence-corrected chi connectivity index (χ1v) is 9.61. The zero-order chi connectivity index (χ0) is 20.9. The number of para-hydroxylation sites is 1. The lowest BCUT2D eigenvalue weighted by molar-refractivity contribution is 0.0987. The van der Waals surface area contributed by atoms with Crippen LogP contribution in [0, 0.1) is 11.3 Å². The number of nitrogens with zero attached hydrogens (tertiary/aromatic N) is 1. The predicted octanol–water partition coefficient (Wildman–Crippen LogP) is 3.40. The first-order chi connectivity index (χ1) is 13.9. The van der Waals surface area contributed by atoms with Crippen molar-refractivity contribution in [3.05, 3.63) is 59.8 Å². The maximum atomic E-state index is 10.3. The molecule has 0 bridgehead atoms. The molecule has 3 N–H and O–H groups in total. The summed E-state index contributed by atoms with van der Waals surface area (Å²) in [7, 11) is 1.66. The number of methoxy groups -OCH3 is 1. The van der Waals surface area contributed by atoms with Gasteiger partial charge in [-0.15, -0.1) is 0 Å². The number of fused-ring (bicyclic) bond motifs is 1. The van der Waals surface area contributed by atoms with Crippen LogP contribution in [-0.2, 0) is 6.42 Å². The Kier molecular flexibility index (Phi) is 6.42. The number of β-amino-alcohol motifs (C(OH)–C–C–N with tert-alkyl or cyclic N) is 1. The number of ether oxygens (including phenoxy) is 2. The number of hydrogen-bond donors (Lipinski definition) is 3. The highest BCUT2D eigenvalue weighted by Crippen LogP contribution is 2.26. The summed E-state index contributed by atoms with van der Waals surface area (Å²) in [5, 5.41) is 24.0. The Labute approximate surface area is 171 Å². The SMILES string of the molecule is COc1ccc2c(CC(C)(C)NCC(O)COc3ccccc3C#N)c[nH]c2c1. The van der Waals surface area contributed by atoms with Crippen LogP contribution < -0.4 is 14.8 Å². The Hall–Kier alpha value is -3.01. The highest BCUT2D eigenvalue weighted by atomic mass is 16.5. The standard InChI is InChI=1S/C23H27N3O3/c1-23(2,11-17-13-25-21-10-19(28-3)8-9-20(17)21)26-14-18(27)15-29-22-7-5-4-6-16(22)12-24/h4-10,13,18,25-27H,11,14-15H2,1-3H3. The molecule has 0 saturated carbocycles. The fourth-order valence-electron chi connectivity index (χ4n) is 3.30. The van der Waals surface area contributed by atoms with Crippen LogP contribution in [0.4, 0.5) is 0 Å². The van der Waals surface area contributed by atoms with E-state index in [9.17, 15) is 5.11 Å². The lowest BCUT2D eigenvalue weighted by atomic mass is 9.94. The fourth-order valence-corrected chi connectivity index (χ4v) is 3.30. The largest absolute Gasteiger partial charge is 0.497 e. The molecule has 1 aromatic heterocycles. The van der Waals surface area contributed by atoms with E-state index in [-0.39, 0.29) is 12.1 Å². The number of aromatic amines is 1. The van der Waals surface area contributed by atoms with Gasteiger partial charge in [0.1, 0.15) is 30.3 Å². The van der Waals surface area contributed by atoms with Crippen molar-refractivity contribution in [2.75, 3.05) is 20.3 Å². The first-order valence-electron chi connectivity index (χ1n) is 9.61. The molecule has 2 aromatic carbocycles. The number of hydrogen-bond acceptors (Lipinski definition) is 5. The average Bonchev–Trinajstić information content (AvgIpc) is 3.12. The molecule has 1 heterocycles. The van der Waals surface area contributed by atoms with Crippen LogP contribution >= 0.6 is 0 Å². The van der Waals surface area contributed by atoms with E-state index >= 15 is 0 Å². The molecule has 0 aliphatic rings. The third kappa shape index (κ3) is 5.29. The van der Waals surface area contributed by atoms with Crippen molar-refractivity contribution in [1.82, 2.24) is 10.3 Å². The van der Waals surface area contributed by atoms with E-state index < -0.39 is 6.10 Å². The van der Waals surface area contributed by atoms with Gasteiger partial charge in [0.25, 0.3) is 0 Å². The highest BCUT2D eigenvalue weighted by Gasteiger charge is 2.21. The molecule has 0 saturated heterocycles. The second-order valence-electron chi connectivity index (χ2n) is 7.74. The van der Waals surface area contributed by atoms with E-state index in [0.29, 0.717) is 17.9 Å². The topological polar surface area (TPSA) is 90.3 Å². The lowest BCUT2D eigenvalue weighted by Crippen LogP contribution is -2.46. The van der Waals surface area contributed by atoms with E-state index in [1.807, 2.05) is 18.3 Å². The summed E-state index contributed by atoms with van der Waals surface area (Å²) >= 11 is 0. The van der Waals surface area contributed by atoms with E-state index in [4.69, 9.17) is 14.7 Å². The van der Waals surface area contributed by atoms with Gasteiger partial charge in [-0.25, -0.2) is 0 Å². The number of benzene rings is 2. The van der Waals surface area contributed by atoms with Gasteiger partial charge in [-0.1, -0.05) is 12.1 Å². The molecule has 6 heteroatoms. The molecule has 3 aromatic rings. The molecule has 0 aliphatic carbocycles. The minimum Gasteiger partial charge on any atom is -0.497 e. The van der Waals surface area contributed by atoms with Crippen molar-refractivity contribution in [3.8, 4) is 17.6 Å². The fraction of sp³-hybridized carbons (Fsp3) is 0.348. The molecular weight excluding hydrogens is 366 g/mol. The molecule has 0 radical (unpaired) electrons. The van der Waals surface area contributed by atoms with Gasteiger partial charge in [0.2, 0.25) is 0 Å². The van der Waals surface area contributed by atoms with Gasteiger partial charge in [-0.05, 0) is 50.1 Å². The van der Waals surface area contributed by atoms with Gasteiger partial charge in [0, 0.05) is 35.2 Å². The lowest BCUT2D eigenvalue weighted by Gasteiger charge is -2.28. The predicted molar refractivity (Wildman–Crippen MR) is 113 cm³/mol. The summed E-state index contributed by atoms with van der Waals surface area (Å²) in [6.45, 7) is 4.72. The Morgan fingerprint density at radius 3 is 2.79 bits per heavy atom. The zero-order valence-electron chi connectivity index (χ0n) is 17.0. The van der Waals surface area contributed by atoms with Crippen molar-refractivity contribution < 1.29 is 14.6 Å². The summed E-state index contributed by atoms with van der Waals surface area (Å²) in [5.74, 6) is 1.31. The Balaban J connectivity index is 1.55. The van der Waals surface area contributed by atoms with Crippen LogP contribution in [-0.4, -0.2) is 42.0 Å². The zero-order valence-corrected chi connectivity index (χ0v) is 17.0. The molecule has 0 fully saturated rings. The Bertz CT molecular complexity index is 1000. The maximum Gasteiger partial charge on any atom is 0.137 e. The third-order valence-corrected chi connectivity index (χ3v) is 4.86. The number of nitrogens with one attached hydrogen (secondary N) is 2. The van der Waals surface area contributed by atoms with Gasteiger partial charge in [0.05, 0.1) is 12.7 Å². The van der Waals surface area contributed by atoms with E-state index in [2.05, 4.69) is 36.3 Å². The second-order valence-corrected chi connectivity index (χ2v) is 7.74. The van der Waals surface area contributed by atoms with Crippen molar-refractivity contribution in [3.63, 3.8) is 0 Å². The summed E-state index contributed by atoms with van der Waals surface area (Å²) in [6, 6.07) is 15.1. The monoisotopic (exact) mass is 393 g/mol. The normalized spacial score (nSPS) is 12.5. The molecule has 0 amide bonds. The second kappa shape index (κ2) is 8.99. The molecule has 1 unspecified atom stereocenters. The molecule has 3 rings (SSSR count). The van der Waals surface area contributed by atoms with Gasteiger partial charge in [-0.2, -0.15) is 5.26 Å². The van der Waals surface area contributed by atoms with Crippen LogP contribution in [0.2, 0.25) is 0 Å². The molecule has 0 spiro atoms. The molecular formula is C23H27N3O3. The third-order valence-electron chi connectivity index (χ3n) is 4.86. The average molecular weight is 393 g/mol. The van der Waals surface area contributed by atoms with Crippen molar-refractivity contribution in [2.45, 2.75) is 31.9 Å². The number of aromatic nitrogens is 1. The van der Waals surface area contributed by atoms with Crippen LogP contribution in [0.5, 0.6) is 11.5 Å². The molecule has 152 valence electrons. The molecule has 0 aliphatic heterocycles. The summed E-state index contributed by atoms with van der Waals surface area (Å²) in [5.41, 5.74) is 2.48. The summed E-state index contributed by atoms with van der Waals surface area (Å²) < 4.78 is 10.9. The van der Waals surface area contributed by atoms with Crippen molar-refractivity contribution >= 4 is 10.9 Å². The Morgan fingerprint density at radius 2 is 2.03 bits per heavy atom. The summed E-state index contributed by atoms with van der Waals surface area (Å²) in [4.78, 5) is 3.30. The van der Waals surface area contributed by atoms with Crippen LogP contribution in [0.1, 0.15) is 25.0 Å². The first kappa shape index (κ1) is 20.7. The van der Waals surface area contributed by atoms with Gasteiger partial charge in [0.15, 0.2) is 0 Å². The Morgan fingerprint density at radius 1 is 1.24 bits per heavy atom. The number of aliphatic hydroxyl groups is 1. The number of rotatable bonds is 9. The van der Waals surface area contributed by atoms with Crippen molar-refractivity contribution in [1.29, 1.82) is 5.26 Å². The van der Waals surface area contributed by atoms with E-state index in [0.717, 1.165) is 23.1 Å². The van der Waals surface area contributed by atoms with Gasteiger partial charge < -0.3 is 24.9 Å². The molecule has 1 atom stereocenters. The van der Waals surface area contributed by atoms with E-state index in [1.165, 1.54) is 5.56 Å². The number of nitriles is 1. The smallest absolute Gasteiger partial charge is 0.137 e. The van der Waals surface area contributed by atoms with Crippen molar-refractivity contribution in [2.24, 2.45) is 0 Å². The number of aliphatic hydroxyl groups excluding tert-OH is 1. The van der Waals surface area contributed by atoms with Gasteiger partial charge in [-0.3, -0.25) is 0 Å². The maximum absolute atomic E-state index is 10.3. The highest BCUT2D eigenvalue weighted by molar-refractivity contribution is 5.84. The van der Waals surface area contributed by atoms with Crippen LogP contribution in [0.15, 0.2) is 48.7 Å². The van der Waals surface area contributed by atoms with E-state index in [1.54, 1.807) is 31.4 Å². The van der Waals surface area contributed by atoms with Crippen LogP contribution in [0.25, 0.3) is 10.9 Å². The minimum atomic E-state index is -0.687. The van der Waals surface area contributed by atoms with Crippen LogP contribution in [0.3, 0.4) is 0 Å². The minimum absolute atomic E-state index is 0.120. The summed E-state index contributed by atoms with van der Waals surface area (Å²) in [6.07, 6.45) is 2.13. The molecule has 29 heavy (non-hydrogen) atoms. The quantitative estimate of drug-likeness (QED) is 0.518.